The molecule has 108 valence electrons. The Balaban J connectivity index is 2.14. The lowest BCUT2D eigenvalue weighted by Gasteiger charge is -2.17. The minimum absolute atomic E-state index is 0.215. The van der Waals surface area contributed by atoms with E-state index < -0.39 is 10.0 Å². The second-order valence-corrected chi connectivity index (χ2v) is 8.27. The van der Waals surface area contributed by atoms with Crippen LogP contribution in [0.1, 0.15) is 4.88 Å². The van der Waals surface area contributed by atoms with Crippen molar-refractivity contribution in [1.82, 2.24) is 4.31 Å². The van der Waals surface area contributed by atoms with Crippen molar-refractivity contribution in [2.45, 2.75) is 11.3 Å². The maximum absolute atomic E-state index is 12.4. The van der Waals surface area contributed by atoms with Crippen molar-refractivity contribution < 1.29 is 8.42 Å². The van der Waals surface area contributed by atoms with E-state index in [2.05, 4.69) is 15.9 Å². The van der Waals surface area contributed by atoms with Crippen molar-refractivity contribution in [3.05, 3.63) is 45.1 Å². The van der Waals surface area contributed by atoms with Gasteiger partial charge in [0, 0.05) is 28.6 Å². The zero-order valence-electron chi connectivity index (χ0n) is 10.9. The number of thiophene rings is 1. The predicted molar refractivity (Wildman–Crippen MR) is 86.4 cm³/mol. The van der Waals surface area contributed by atoms with Crippen LogP contribution in [0.25, 0.3) is 0 Å². The van der Waals surface area contributed by atoms with Gasteiger partial charge >= 0.3 is 0 Å². The molecule has 2 N–H and O–H groups in total. The number of halogens is 1. The van der Waals surface area contributed by atoms with Crippen LogP contribution in [0.4, 0.5) is 5.69 Å². The topological polar surface area (TPSA) is 63.4 Å². The van der Waals surface area contributed by atoms with E-state index in [9.17, 15) is 8.42 Å². The van der Waals surface area contributed by atoms with Gasteiger partial charge in [-0.1, -0.05) is 6.07 Å². The summed E-state index contributed by atoms with van der Waals surface area (Å²) in [4.78, 5) is 1.38. The average molecular weight is 375 g/mol. The second kappa shape index (κ2) is 6.26. The first-order chi connectivity index (χ1) is 9.41. The molecule has 0 aliphatic carbocycles. The van der Waals surface area contributed by atoms with Gasteiger partial charge in [0.25, 0.3) is 0 Å². The van der Waals surface area contributed by atoms with Crippen molar-refractivity contribution >= 4 is 43.0 Å². The van der Waals surface area contributed by atoms with Gasteiger partial charge in [-0.15, -0.1) is 11.3 Å². The Bertz CT molecular complexity index is 684. The number of benzene rings is 1. The van der Waals surface area contributed by atoms with Crippen LogP contribution in [0.2, 0.25) is 0 Å². The third-order valence-corrected chi connectivity index (χ3v) is 6.44. The van der Waals surface area contributed by atoms with Crippen LogP contribution >= 0.6 is 27.3 Å². The fourth-order valence-electron chi connectivity index (χ4n) is 1.70. The molecule has 0 amide bonds. The molecular formula is C13H15BrN2O2S2. The highest BCUT2D eigenvalue weighted by Crippen LogP contribution is 2.24. The number of nitrogen functional groups attached to an aromatic ring is 1. The van der Waals surface area contributed by atoms with Crippen LogP contribution in [-0.4, -0.2) is 26.3 Å². The van der Waals surface area contributed by atoms with Crippen molar-refractivity contribution in [3.8, 4) is 0 Å². The zero-order valence-corrected chi connectivity index (χ0v) is 14.1. The van der Waals surface area contributed by atoms with Crippen LogP contribution in [0.3, 0.4) is 0 Å². The van der Waals surface area contributed by atoms with Gasteiger partial charge in [-0.05, 0) is 52.0 Å². The third kappa shape index (κ3) is 3.41. The molecule has 7 heteroatoms. The SMILES string of the molecule is CN(CCc1cccs1)S(=O)(=O)c1ccc(Br)c(N)c1. The quantitative estimate of drug-likeness (QED) is 0.818. The van der Waals surface area contributed by atoms with E-state index in [1.54, 1.807) is 30.5 Å². The molecular weight excluding hydrogens is 360 g/mol. The van der Waals surface area contributed by atoms with Gasteiger partial charge in [0.2, 0.25) is 10.0 Å². The molecule has 2 rings (SSSR count). The van der Waals surface area contributed by atoms with E-state index in [0.29, 0.717) is 23.1 Å². The van der Waals surface area contributed by atoms with Crippen molar-refractivity contribution in [2.24, 2.45) is 0 Å². The molecule has 4 nitrogen and oxygen atoms in total. The van der Waals surface area contributed by atoms with E-state index in [1.165, 1.54) is 15.2 Å². The molecule has 1 heterocycles. The Kier molecular flexibility index (Phi) is 4.85. The van der Waals surface area contributed by atoms with Crippen molar-refractivity contribution in [1.29, 1.82) is 0 Å². The maximum Gasteiger partial charge on any atom is 0.242 e. The third-order valence-electron chi connectivity index (χ3n) is 2.93. The number of likely N-dealkylation sites (N-methyl/N-ethyl adjacent to an activating group) is 1. The highest BCUT2D eigenvalue weighted by atomic mass is 79.9. The number of hydrogen-bond donors (Lipinski definition) is 1. The van der Waals surface area contributed by atoms with Gasteiger partial charge in [0.15, 0.2) is 0 Å². The number of anilines is 1. The first-order valence-electron chi connectivity index (χ1n) is 5.95. The van der Waals surface area contributed by atoms with E-state index in [4.69, 9.17) is 5.73 Å². The summed E-state index contributed by atoms with van der Waals surface area (Å²) in [6, 6.07) is 8.64. The van der Waals surface area contributed by atoms with Crippen LogP contribution in [0.15, 0.2) is 45.1 Å². The highest BCUT2D eigenvalue weighted by molar-refractivity contribution is 9.10. The summed E-state index contributed by atoms with van der Waals surface area (Å²) in [6.07, 6.45) is 0.708. The molecule has 0 aliphatic rings. The van der Waals surface area contributed by atoms with Crippen LogP contribution < -0.4 is 5.73 Å². The molecule has 1 aromatic carbocycles. The molecule has 20 heavy (non-hydrogen) atoms. The lowest BCUT2D eigenvalue weighted by Crippen LogP contribution is -2.29. The van der Waals surface area contributed by atoms with Gasteiger partial charge in [0.05, 0.1) is 4.90 Å². The Morgan fingerprint density at radius 1 is 1.35 bits per heavy atom. The molecule has 0 saturated heterocycles. The molecule has 2 aromatic rings. The lowest BCUT2D eigenvalue weighted by molar-refractivity contribution is 0.473. The largest absolute Gasteiger partial charge is 0.398 e. The summed E-state index contributed by atoms with van der Waals surface area (Å²) in [5, 5.41) is 1.99. The Morgan fingerprint density at radius 3 is 2.70 bits per heavy atom. The van der Waals surface area contributed by atoms with Crippen molar-refractivity contribution in [2.75, 3.05) is 19.3 Å². The molecule has 0 unspecified atom stereocenters. The van der Waals surface area contributed by atoms with Crippen LogP contribution in [0.5, 0.6) is 0 Å². The molecule has 0 atom stereocenters. The highest BCUT2D eigenvalue weighted by Gasteiger charge is 2.21. The molecule has 0 saturated carbocycles. The van der Waals surface area contributed by atoms with Crippen molar-refractivity contribution in [3.63, 3.8) is 0 Å². The molecule has 0 radical (unpaired) electrons. The normalized spacial score (nSPS) is 11.9. The number of rotatable bonds is 5. The van der Waals surface area contributed by atoms with Crippen LogP contribution in [-0.2, 0) is 16.4 Å². The number of hydrogen-bond acceptors (Lipinski definition) is 4. The van der Waals surface area contributed by atoms with E-state index in [-0.39, 0.29) is 4.90 Å². The van der Waals surface area contributed by atoms with Gasteiger partial charge in [-0.25, -0.2) is 12.7 Å². The first-order valence-corrected chi connectivity index (χ1v) is 9.06. The number of sulfonamides is 1. The fraction of sp³-hybridized carbons (Fsp3) is 0.231. The standard InChI is InChI=1S/C13H15BrN2O2S2/c1-16(7-6-10-3-2-8-19-10)20(17,18)11-4-5-12(14)13(15)9-11/h2-5,8-9H,6-7,15H2,1H3. The summed E-state index contributed by atoms with van der Waals surface area (Å²) in [5.41, 5.74) is 6.15. The van der Waals surface area contributed by atoms with Crippen LogP contribution in [0, 0.1) is 0 Å². The summed E-state index contributed by atoms with van der Waals surface area (Å²) in [6.45, 7) is 0.443. The van der Waals surface area contributed by atoms with E-state index >= 15 is 0 Å². The monoisotopic (exact) mass is 374 g/mol. The number of nitrogens with two attached hydrogens (primary N) is 1. The maximum atomic E-state index is 12.4. The minimum Gasteiger partial charge on any atom is -0.398 e. The summed E-state index contributed by atoms with van der Waals surface area (Å²) in [7, 11) is -1.91. The zero-order chi connectivity index (χ0) is 14.8. The molecule has 1 aromatic heterocycles. The Labute approximate surface area is 131 Å². The molecule has 0 aliphatic heterocycles. The molecule has 0 fully saturated rings. The van der Waals surface area contributed by atoms with E-state index in [1.807, 2.05) is 17.5 Å². The molecule has 0 spiro atoms. The summed E-state index contributed by atoms with van der Waals surface area (Å²) < 4.78 is 26.9. The van der Waals surface area contributed by atoms with Gasteiger partial charge in [-0.2, -0.15) is 0 Å². The summed E-state index contributed by atoms with van der Waals surface area (Å²) >= 11 is 4.89. The average Bonchev–Trinajstić information content (AvgIpc) is 2.92. The number of nitrogens with zero attached hydrogens (tertiary/aromatic N) is 1. The smallest absolute Gasteiger partial charge is 0.242 e. The summed E-state index contributed by atoms with van der Waals surface area (Å²) in [5.74, 6) is 0. The second-order valence-electron chi connectivity index (χ2n) is 4.34. The Hall–Kier alpha value is -0.890. The van der Waals surface area contributed by atoms with Gasteiger partial charge in [-0.3, -0.25) is 0 Å². The lowest BCUT2D eigenvalue weighted by atomic mass is 10.3. The minimum atomic E-state index is -3.49. The first kappa shape index (κ1) is 15.5. The fourth-order valence-corrected chi connectivity index (χ4v) is 3.86. The van der Waals surface area contributed by atoms with Gasteiger partial charge < -0.3 is 5.73 Å². The van der Waals surface area contributed by atoms with E-state index in [0.717, 1.165) is 0 Å². The Morgan fingerprint density at radius 2 is 2.10 bits per heavy atom. The molecule has 0 bridgehead atoms. The van der Waals surface area contributed by atoms with Gasteiger partial charge in [0.1, 0.15) is 0 Å². The predicted octanol–water partition coefficient (Wildman–Crippen LogP) is 2.96.